The van der Waals surface area contributed by atoms with E-state index in [-0.39, 0.29) is 25.2 Å². The number of hydrogen-bond donors (Lipinski definition) is 3. The number of ketones is 1. The van der Waals surface area contributed by atoms with Gasteiger partial charge in [0.15, 0.2) is 23.2 Å². The molecule has 34 heavy (non-hydrogen) atoms. The van der Waals surface area contributed by atoms with E-state index in [0.717, 1.165) is 7.11 Å². The molecule has 4 fully saturated rings. The molecular formula is C23H28O11. The molecule has 11 heteroatoms. The van der Waals surface area contributed by atoms with Crippen LogP contribution in [-0.2, 0) is 38.1 Å². The topological polar surface area (TPSA) is 166 Å². The number of carbonyl (C=O) groups is 4. The van der Waals surface area contributed by atoms with Crippen LogP contribution in [0.15, 0.2) is 11.3 Å². The number of carbonyl (C=O) groups excluding carboxylic acids is 4. The van der Waals surface area contributed by atoms with Gasteiger partial charge in [-0.2, -0.15) is 0 Å². The molecule has 5 aliphatic rings. The van der Waals surface area contributed by atoms with Crippen molar-refractivity contribution in [3.05, 3.63) is 11.3 Å². The van der Waals surface area contributed by atoms with E-state index in [1.807, 2.05) is 0 Å². The first-order valence-corrected chi connectivity index (χ1v) is 11.3. The molecule has 11 nitrogen and oxygen atoms in total. The highest BCUT2D eigenvalue weighted by Crippen LogP contribution is 2.72. The van der Waals surface area contributed by atoms with E-state index in [2.05, 4.69) is 0 Å². The van der Waals surface area contributed by atoms with E-state index in [0.29, 0.717) is 5.57 Å². The van der Waals surface area contributed by atoms with Gasteiger partial charge in [-0.15, -0.1) is 0 Å². The fraction of sp³-hybridized carbons (Fsp3) is 0.739. The summed E-state index contributed by atoms with van der Waals surface area (Å²) in [5.74, 6) is -5.74. The van der Waals surface area contributed by atoms with Gasteiger partial charge < -0.3 is 34.3 Å². The van der Waals surface area contributed by atoms with Gasteiger partial charge in [0.05, 0.1) is 25.7 Å². The number of allylic oxidation sites excluding steroid dienone is 2. The van der Waals surface area contributed by atoms with Crippen LogP contribution in [0.5, 0.6) is 0 Å². The van der Waals surface area contributed by atoms with Gasteiger partial charge in [0, 0.05) is 24.7 Å². The van der Waals surface area contributed by atoms with E-state index in [1.54, 1.807) is 13.8 Å². The van der Waals surface area contributed by atoms with Crippen LogP contribution in [-0.4, -0.2) is 82.7 Å². The van der Waals surface area contributed by atoms with Crippen molar-refractivity contribution >= 4 is 23.7 Å². The Morgan fingerprint density at radius 2 is 1.82 bits per heavy atom. The second-order valence-electron chi connectivity index (χ2n) is 10.4. The molecule has 2 saturated carbocycles. The summed E-state index contributed by atoms with van der Waals surface area (Å²) in [7, 11) is 1.09. The highest BCUT2D eigenvalue weighted by atomic mass is 16.6. The minimum atomic E-state index is -2.17. The summed E-state index contributed by atoms with van der Waals surface area (Å²) in [6.07, 6.45) is -6.04. The van der Waals surface area contributed by atoms with Gasteiger partial charge in [-0.25, -0.2) is 9.59 Å². The van der Waals surface area contributed by atoms with Gasteiger partial charge in [0.1, 0.15) is 12.2 Å². The molecule has 186 valence electrons. The van der Waals surface area contributed by atoms with Gasteiger partial charge in [0.25, 0.3) is 0 Å². The van der Waals surface area contributed by atoms with Crippen LogP contribution < -0.4 is 0 Å². The van der Waals surface area contributed by atoms with Crippen molar-refractivity contribution in [3.8, 4) is 0 Å². The number of fused-ring (bicyclic) bond motifs is 2. The molecule has 2 bridgehead atoms. The molecule has 2 aliphatic heterocycles. The molecule has 3 N–H and O–H groups in total. The number of rotatable bonds is 2. The SMILES string of the molecule is COC(=O)[C@@]12OC[C@]34[C@H]([C@@H](O)[C@@H]1O)[C@@]1(C)CC(=O)C(OC(C)=O)=C(C)[C@@H]1C[C@H]3OC(=O)[C@H](O)[C@@H]24. The van der Waals surface area contributed by atoms with Crippen LogP contribution >= 0.6 is 0 Å². The van der Waals surface area contributed by atoms with Crippen LogP contribution in [0.2, 0.25) is 0 Å². The highest BCUT2D eigenvalue weighted by Gasteiger charge is 2.84. The predicted octanol–water partition coefficient (Wildman–Crippen LogP) is -0.995. The van der Waals surface area contributed by atoms with Crippen molar-refractivity contribution in [2.45, 2.75) is 63.6 Å². The number of aliphatic hydroxyl groups excluding tert-OH is 3. The van der Waals surface area contributed by atoms with Gasteiger partial charge in [0.2, 0.25) is 0 Å². The third-order valence-corrected chi connectivity index (χ3v) is 9.08. The number of aliphatic hydroxyl groups is 3. The Balaban J connectivity index is 1.73. The highest BCUT2D eigenvalue weighted by molar-refractivity contribution is 5.98. The van der Waals surface area contributed by atoms with Crippen LogP contribution in [0.4, 0.5) is 0 Å². The molecule has 3 aliphatic carbocycles. The van der Waals surface area contributed by atoms with E-state index in [1.165, 1.54) is 6.92 Å². The first-order valence-electron chi connectivity index (χ1n) is 11.3. The number of esters is 3. The second kappa shape index (κ2) is 7.09. The lowest BCUT2D eigenvalue weighted by molar-refractivity contribution is -0.289. The number of methoxy groups -OCH3 is 1. The largest absolute Gasteiger partial charge is 0.467 e. The van der Waals surface area contributed by atoms with E-state index in [4.69, 9.17) is 18.9 Å². The Kier molecular flexibility index (Phi) is 4.88. The lowest BCUT2D eigenvalue weighted by Gasteiger charge is -2.67. The summed E-state index contributed by atoms with van der Waals surface area (Å²) in [6, 6.07) is 0. The average molecular weight is 480 g/mol. The molecule has 2 saturated heterocycles. The molecule has 2 heterocycles. The summed E-state index contributed by atoms with van der Waals surface area (Å²) in [4.78, 5) is 50.4. The van der Waals surface area contributed by atoms with Crippen molar-refractivity contribution in [2.75, 3.05) is 13.7 Å². The Morgan fingerprint density at radius 3 is 2.44 bits per heavy atom. The number of hydrogen-bond acceptors (Lipinski definition) is 11. The van der Waals surface area contributed by atoms with Gasteiger partial charge in [-0.3, -0.25) is 9.59 Å². The molecule has 0 aromatic carbocycles. The van der Waals surface area contributed by atoms with Crippen molar-refractivity contribution < 1.29 is 53.4 Å². The quantitative estimate of drug-likeness (QED) is 0.328. The lowest BCUT2D eigenvalue weighted by Crippen LogP contribution is -2.79. The van der Waals surface area contributed by atoms with Crippen LogP contribution in [0, 0.1) is 28.6 Å². The second-order valence-corrected chi connectivity index (χ2v) is 10.4. The molecule has 5 rings (SSSR count). The number of Topliss-reactive ketones (excluding diaryl/α,β-unsaturated/α-hetero) is 1. The average Bonchev–Trinajstić information content (AvgIpc) is 3.08. The van der Waals surface area contributed by atoms with Crippen molar-refractivity contribution in [2.24, 2.45) is 28.6 Å². The minimum absolute atomic E-state index is 0.0675. The molecular weight excluding hydrogens is 452 g/mol. The fourth-order valence-corrected chi connectivity index (χ4v) is 8.04. The van der Waals surface area contributed by atoms with Crippen LogP contribution in [0.25, 0.3) is 0 Å². The van der Waals surface area contributed by atoms with Crippen molar-refractivity contribution in [1.82, 2.24) is 0 Å². The third-order valence-electron chi connectivity index (χ3n) is 9.08. The Bertz CT molecular complexity index is 1030. The zero-order valence-corrected chi connectivity index (χ0v) is 19.3. The van der Waals surface area contributed by atoms with Gasteiger partial charge >= 0.3 is 17.9 Å². The smallest absolute Gasteiger partial charge is 0.341 e. The summed E-state index contributed by atoms with van der Waals surface area (Å²) in [5, 5.41) is 33.7. The molecule has 0 radical (unpaired) electrons. The normalized spacial score (nSPS) is 49.1. The van der Waals surface area contributed by atoms with Crippen molar-refractivity contribution in [3.63, 3.8) is 0 Å². The first-order chi connectivity index (χ1) is 15.9. The third kappa shape index (κ3) is 2.45. The molecule has 10 atom stereocenters. The zero-order valence-electron chi connectivity index (χ0n) is 19.3. The summed E-state index contributed by atoms with van der Waals surface area (Å²) in [6.45, 7) is 4.44. The van der Waals surface area contributed by atoms with Crippen LogP contribution in [0.1, 0.15) is 33.6 Å². The Hall–Kier alpha value is -2.34. The van der Waals surface area contributed by atoms with Gasteiger partial charge in [-0.1, -0.05) is 6.92 Å². The van der Waals surface area contributed by atoms with Crippen molar-refractivity contribution in [1.29, 1.82) is 0 Å². The predicted molar refractivity (Wildman–Crippen MR) is 108 cm³/mol. The van der Waals surface area contributed by atoms with E-state index >= 15 is 0 Å². The Morgan fingerprint density at radius 1 is 1.15 bits per heavy atom. The number of ether oxygens (including phenoxy) is 4. The Labute approximate surface area is 195 Å². The maximum atomic E-state index is 13.1. The molecule has 0 unspecified atom stereocenters. The maximum absolute atomic E-state index is 13.1. The maximum Gasteiger partial charge on any atom is 0.341 e. The molecule has 0 aromatic heterocycles. The summed E-state index contributed by atoms with van der Waals surface area (Å²) < 4.78 is 21.7. The van der Waals surface area contributed by atoms with E-state index < -0.39 is 82.3 Å². The standard InChI is InChI=1S/C23H28O11/c1-8-10-5-12-22-7-32-23(20(30)31-4,17(22)14(27)19(29)34-12)18(28)13(26)16(22)21(10,3)6-11(25)15(8)33-9(2)24/h10,12-14,16-18,26-28H,5-7H2,1-4H3/t10-,12+,13+,14+,16+,17+,18-,21-,22+,23-/m0/s1. The summed E-state index contributed by atoms with van der Waals surface area (Å²) >= 11 is 0. The first kappa shape index (κ1) is 23.4. The fourth-order valence-electron chi connectivity index (χ4n) is 8.04. The van der Waals surface area contributed by atoms with Crippen LogP contribution in [0.3, 0.4) is 0 Å². The van der Waals surface area contributed by atoms with E-state index in [9.17, 15) is 34.5 Å². The van der Waals surface area contributed by atoms with Gasteiger partial charge in [-0.05, 0) is 30.3 Å². The minimum Gasteiger partial charge on any atom is -0.467 e. The lowest BCUT2D eigenvalue weighted by atomic mass is 9.38. The summed E-state index contributed by atoms with van der Waals surface area (Å²) in [5.41, 5.74) is -3.94. The monoisotopic (exact) mass is 480 g/mol. The molecule has 0 amide bonds. The molecule has 1 spiro atoms. The zero-order chi connectivity index (χ0) is 25.0. The molecule has 0 aromatic rings.